The van der Waals surface area contributed by atoms with Crippen molar-refractivity contribution in [3.8, 4) is 0 Å². The quantitative estimate of drug-likeness (QED) is 0.902. The Hall–Kier alpha value is -2.89. The lowest BCUT2D eigenvalue weighted by Gasteiger charge is -2.08. The van der Waals surface area contributed by atoms with Gasteiger partial charge in [-0.2, -0.15) is 0 Å². The molecule has 0 aliphatic carbocycles. The molecule has 0 saturated heterocycles. The molecule has 21 heavy (non-hydrogen) atoms. The van der Waals surface area contributed by atoms with Gasteiger partial charge in [0.1, 0.15) is 6.61 Å². The molecule has 0 spiro atoms. The summed E-state index contributed by atoms with van der Waals surface area (Å²) in [6, 6.07) is 11.9. The van der Waals surface area contributed by atoms with Crippen LogP contribution in [0.3, 0.4) is 0 Å². The van der Waals surface area contributed by atoms with Crippen LogP contribution < -0.4 is 10.6 Å². The minimum Gasteiger partial charge on any atom is -0.443 e. The van der Waals surface area contributed by atoms with Gasteiger partial charge in [-0.3, -0.25) is 15.1 Å². The first-order valence-corrected chi connectivity index (χ1v) is 6.35. The lowest BCUT2D eigenvalue weighted by Crippen LogP contribution is -2.18. The van der Waals surface area contributed by atoms with Crippen LogP contribution in [-0.4, -0.2) is 24.0 Å². The van der Waals surface area contributed by atoms with Gasteiger partial charge in [0.15, 0.2) is 0 Å². The highest BCUT2D eigenvalue weighted by atomic mass is 16.5. The molecule has 2 N–H and O–H groups in total. The molecular formula is C15H15N3O3. The first-order valence-electron chi connectivity index (χ1n) is 6.35. The van der Waals surface area contributed by atoms with Crippen molar-refractivity contribution in [2.75, 3.05) is 12.4 Å². The van der Waals surface area contributed by atoms with Crippen LogP contribution in [0.5, 0.6) is 0 Å². The van der Waals surface area contributed by atoms with Crippen molar-refractivity contribution in [3.05, 3.63) is 59.9 Å². The third-order valence-electron chi connectivity index (χ3n) is 2.68. The summed E-state index contributed by atoms with van der Waals surface area (Å²) < 4.78 is 5.05. The van der Waals surface area contributed by atoms with Gasteiger partial charge in [-0.25, -0.2) is 4.79 Å². The standard InChI is InChI=1S/C15H15N3O3/c1-16-14(19)11-5-4-7-12(9-11)18-15(20)21-10-13-6-2-3-8-17-13/h2-9H,10H2,1H3,(H,16,19)(H,18,20). The highest BCUT2D eigenvalue weighted by Crippen LogP contribution is 2.11. The molecule has 1 aromatic carbocycles. The van der Waals surface area contributed by atoms with Crippen LogP contribution in [-0.2, 0) is 11.3 Å². The molecule has 0 saturated carbocycles. The summed E-state index contributed by atoms with van der Waals surface area (Å²) >= 11 is 0. The molecular weight excluding hydrogens is 270 g/mol. The second-order valence-corrected chi connectivity index (χ2v) is 4.18. The topological polar surface area (TPSA) is 80.3 Å². The van der Waals surface area contributed by atoms with Crippen LogP contribution in [0.2, 0.25) is 0 Å². The van der Waals surface area contributed by atoms with Crippen LogP contribution in [0.1, 0.15) is 16.1 Å². The van der Waals surface area contributed by atoms with Gasteiger partial charge in [0.05, 0.1) is 5.69 Å². The van der Waals surface area contributed by atoms with Crippen molar-refractivity contribution in [2.45, 2.75) is 6.61 Å². The Kier molecular flexibility index (Phi) is 4.87. The van der Waals surface area contributed by atoms with Crippen molar-refractivity contribution in [2.24, 2.45) is 0 Å². The molecule has 2 rings (SSSR count). The van der Waals surface area contributed by atoms with Gasteiger partial charge in [0, 0.05) is 24.5 Å². The van der Waals surface area contributed by atoms with E-state index >= 15 is 0 Å². The van der Waals surface area contributed by atoms with Gasteiger partial charge in [-0.05, 0) is 30.3 Å². The fourth-order valence-corrected chi connectivity index (χ4v) is 1.66. The van der Waals surface area contributed by atoms with Crippen LogP contribution in [0.25, 0.3) is 0 Å². The Morgan fingerprint density at radius 1 is 1.19 bits per heavy atom. The van der Waals surface area contributed by atoms with E-state index in [1.165, 1.54) is 0 Å². The minimum absolute atomic E-state index is 0.0851. The van der Waals surface area contributed by atoms with Crippen LogP contribution in [0, 0.1) is 0 Å². The maximum Gasteiger partial charge on any atom is 0.412 e. The number of ether oxygens (including phenoxy) is 1. The summed E-state index contributed by atoms with van der Waals surface area (Å²) in [4.78, 5) is 27.2. The summed E-state index contributed by atoms with van der Waals surface area (Å²) in [5.41, 5.74) is 1.61. The predicted molar refractivity (Wildman–Crippen MR) is 77.9 cm³/mol. The van der Waals surface area contributed by atoms with Crippen LogP contribution in [0.15, 0.2) is 48.7 Å². The van der Waals surface area contributed by atoms with E-state index in [4.69, 9.17) is 4.74 Å². The molecule has 2 aromatic rings. The molecule has 6 heteroatoms. The molecule has 0 unspecified atom stereocenters. The van der Waals surface area contributed by atoms with Gasteiger partial charge in [0.25, 0.3) is 5.91 Å². The smallest absolute Gasteiger partial charge is 0.412 e. The lowest BCUT2D eigenvalue weighted by atomic mass is 10.2. The highest BCUT2D eigenvalue weighted by Gasteiger charge is 2.07. The first-order chi connectivity index (χ1) is 10.2. The predicted octanol–water partition coefficient (Wildman–Crippen LogP) is 2.19. The molecule has 1 heterocycles. The van der Waals surface area contributed by atoms with Crippen LogP contribution >= 0.6 is 0 Å². The number of benzene rings is 1. The average molecular weight is 285 g/mol. The maximum atomic E-state index is 11.7. The Balaban J connectivity index is 1.92. The van der Waals surface area contributed by atoms with Crippen molar-refractivity contribution in [1.82, 2.24) is 10.3 Å². The summed E-state index contributed by atoms with van der Waals surface area (Å²) in [7, 11) is 1.55. The number of anilines is 1. The SMILES string of the molecule is CNC(=O)c1cccc(NC(=O)OCc2ccccn2)c1. The molecule has 0 aliphatic rings. The van der Waals surface area contributed by atoms with E-state index in [-0.39, 0.29) is 12.5 Å². The minimum atomic E-state index is -0.602. The summed E-state index contributed by atoms with van der Waals surface area (Å²) in [6.45, 7) is 0.0851. The Morgan fingerprint density at radius 2 is 2.05 bits per heavy atom. The molecule has 1 aromatic heterocycles. The van der Waals surface area contributed by atoms with Crippen LogP contribution in [0.4, 0.5) is 10.5 Å². The zero-order valence-electron chi connectivity index (χ0n) is 11.5. The Bertz CT molecular complexity index is 629. The molecule has 0 atom stereocenters. The van der Waals surface area contributed by atoms with Crippen molar-refractivity contribution in [1.29, 1.82) is 0 Å². The monoisotopic (exact) mass is 285 g/mol. The summed E-state index contributed by atoms with van der Waals surface area (Å²) in [5.74, 6) is -0.222. The number of nitrogens with one attached hydrogen (secondary N) is 2. The number of rotatable bonds is 4. The van der Waals surface area contributed by atoms with Gasteiger partial charge in [0.2, 0.25) is 0 Å². The van der Waals surface area contributed by atoms with Crippen molar-refractivity contribution >= 4 is 17.7 Å². The average Bonchev–Trinajstić information content (AvgIpc) is 2.53. The van der Waals surface area contributed by atoms with Crippen molar-refractivity contribution in [3.63, 3.8) is 0 Å². The number of carbonyl (C=O) groups excluding carboxylic acids is 2. The van der Waals surface area contributed by atoms with E-state index < -0.39 is 6.09 Å². The van der Waals surface area contributed by atoms with E-state index in [0.717, 1.165) is 0 Å². The fourth-order valence-electron chi connectivity index (χ4n) is 1.66. The van der Waals surface area contributed by atoms with E-state index in [1.54, 1.807) is 49.6 Å². The summed E-state index contributed by atoms with van der Waals surface area (Å²) in [6.07, 6.45) is 1.03. The molecule has 0 aliphatic heterocycles. The number of aromatic nitrogens is 1. The van der Waals surface area contributed by atoms with Crippen molar-refractivity contribution < 1.29 is 14.3 Å². The van der Waals surface area contributed by atoms with E-state index in [1.807, 2.05) is 6.07 Å². The molecule has 2 amide bonds. The zero-order chi connectivity index (χ0) is 15.1. The first kappa shape index (κ1) is 14.5. The highest BCUT2D eigenvalue weighted by molar-refractivity contribution is 5.96. The van der Waals surface area contributed by atoms with Gasteiger partial charge in [-0.1, -0.05) is 12.1 Å². The number of pyridine rings is 1. The molecule has 0 fully saturated rings. The third kappa shape index (κ3) is 4.31. The molecule has 108 valence electrons. The van der Waals surface area contributed by atoms with Gasteiger partial charge < -0.3 is 10.1 Å². The second kappa shape index (κ2) is 7.04. The number of nitrogens with zero attached hydrogens (tertiary/aromatic N) is 1. The number of carbonyl (C=O) groups is 2. The largest absolute Gasteiger partial charge is 0.443 e. The zero-order valence-corrected chi connectivity index (χ0v) is 11.5. The Morgan fingerprint density at radius 3 is 2.76 bits per heavy atom. The summed E-state index contributed by atoms with van der Waals surface area (Å²) in [5, 5.41) is 5.08. The maximum absolute atomic E-state index is 11.7. The number of hydrogen-bond donors (Lipinski definition) is 2. The lowest BCUT2D eigenvalue weighted by molar-refractivity contribution is 0.0963. The normalized spacial score (nSPS) is 9.76. The fraction of sp³-hybridized carbons (Fsp3) is 0.133. The molecule has 6 nitrogen and oxygen atoms in total. The molecule has 0 bridgehead atoms. The molecule has 0 radical (unpaired) electrons. The second-order valence-electron chi connectivity index (χ2n) is 4.18. The van der Waals surface area contributed by atoms with Gasteiger partial charge >= 0.3 is 6.09 Å². The van der Waals surface area contributed by atoms with Gasteiger partial charge in [-0.15, -0.1) is 0 Å². The Labute approximate surface area is 122 Å². The van der Waals surface area contributed by atoms with E-state index in [0.29, 0.717) is 16.9 Å². The number of hydrogen-bond acceptors (Lipinski definition) is 4. The number of amides is 2. The van der Waals surface area contributed by atoms with E-state index in [2.05, 4.69) is 15.6 Å². The third-order valence-corrected chi connectivity index (χ3v) is 2.68. The van der Waals surface area contributed by atoms with E-state index in [9.17, 15) is 9.59 Å².